The molecule has 0 saturated carbocycles. The van der Waals surface area contributed by atoms with Gasteiger partial charge in [0.05, 0.1) is 12.2 Å². The molecule has 0 heterocycles. The zero-order valence-corrected chi connectivity index (χ0v) is 12.6. The van der Waals surface area contributed by atoms with E-state index in [1.54, 1.807) is 36.9 Å². The zero-order chi connectivity index (χ0) is 15.3. The summed E-state index contributed by atoms with van der Waals surface area (Å²) in [5.41, 5.74) is 5.82. The Morgan fingerprint density at radius 1 is 1.35 bits per heavy atom. The van der Waals surface area contributed by atoms with Gasteiger partial charge in [-0.25, -0.2) is 0 Å². The number of carbonyl (C=O) groups excluding carboxylic acids is 1. The minimum absolute atomic E-state index is 0.164. The van der Waals surface area contributed by atoms with Gasteiger partial charge in [-0.05, 0) is 39.8 Å². The standard InChI is InChI=1S/C15H24N2O3/c1-5-17(10-15(3,4)19)14(18)11-7-12(16)9-13(8-11)20-6-2/h7-9,19H,5-6,10,16H2,1-4H3. The summed E-state index contributed by atoms with van der Waals surface area (Å²) in [4.78, 5) is 14.1. The van der Waals surface area contributed by atoms with Gasteiger partial charge in [0.25, 0.3) is 5.91 Å². The quantitative estimate of drug-likeness (QED) is 0.780. The number of rotatable bonds is 6. The molecule has 1 rings (SSSR count). The Bertz CT molecular complexity index is 467. The van der Waals surface area contributed by atoms with Gasteiger partial charge in [-0.3, -0.25) is 4.79 Å². The van der Waals surface area contributed by atoms with Crippen LogP contribution in [0.5, 0.6) is 5.75 Å². The van der Waals surface area contributed by atoms with Crippen molar-refractivity contribution in [3.63, 3.8) is 0 Å². The predicted octanol–water partition coefficient (Wildman–Crippen LogP) is 1.90. The fourth-order valence-electron chi connectivity index (χ4n) is 1.97. The van der Waals surface area contributed by atoms with Crippen LogP contribution >= 0.6 is 0 Å². The minimum Gasteiger partial charge on any atom is -0.494 e. The molecular formula is C15H24N2O3. The Labute approximate surface area is 120 Å². The van der Waals surface area contributed by atoms with Crippen LogP contribution < -0.4 is 10.5 Å². The molecule has 0 atom stereocenters. The number of ether oxygens (including phenoxy) is 1. The first kappa shape index (κ1) is 16.3. The number of nitrogens with zero attached hydrogens (tertiary/aromatic N) is 1. The van der Waals surface area contributed by atoms with E-state index < -0.39 is 5.60 Å². The van der Waals surface area contributed by atoms with Crippen LogP contribution in [0.2, 0.25) is 0 Å². The van der Waals surface area contributed by atoms with Crippen molar-refractivity contribution in [3.8, 4) is 5.75 Å². The molecule has 1 amide bonds. The summed E-state index contributed by atoms with van der Waals surface area (Å²) < 4.78 is 5.39. The lowest BCUT2D eigenvalue weighted by Gasteiger charge is -2.28. The molecule has 3 N–H and O–H groups in total. The Morgan fingerprint density at radius 2 is 2.00 bits per heavy atom. The van der Waals surface area contributed by atoms with Gasteiger partial charge in [0.1, 0.15) is 5.75 Å². The van der Waals surface area contributed by atoms with Crippen LogP contribution in [0.1, 0.15) is 38.1 Å². The van der Waals surface area contributed by atoms with Crippen LogP contribution in [0.25, 0.3) is 0 Å². The molecule has 0 unspecified atom stereocenters. The van der Waals surface area contributed by atoms with Gasteiger partial charge in [-0.1, -0.05) is 0 Å². The molecule has 5 heteroatoms. The summed E-state index contributed by atoms with van der Waals surface area (Å²) in [6.07, 6.45) is 0. The normalized spacial score (nSPS) is 11.2. The highest BCUT2D eigenvalue weighted by molar-refractivity contribution is 5.95. The summed E-state index contributed by atoms with van der Waals surface area (Å²) in [7, 11) is 0. The number of likely N-dealkylation sites (N-methyl/N-ethyl adjacent to an activating group) is 1. The van der Waals surface area contributed by atoms with Gasteiger partial charge in [0, 0.05) is 30.4 Å². The van der Waals surface area contributed by atoms with Crippen LogP contribution in [-0.2, 0) is 0 Å². The van der Waals surface area contributed by atoms with Gasteiger partial charge in [0.2, 0.25) is 0 Å². The van der Waals surface area contributed by atoms with Crippen molar-refractivity contribution in [3.05, 3.63) is 23.8 Å². The molecule has 20 heavy (non-hydrogen) atoms. The minimum atomic E-state index is -0.936. The number of carbonyl (C=O) groups is 1. The number of amides is 1. The van der Waals surface area contributed by atoms with E-state index in [1.807, 2.05) is 13.8 Å². The van der Waals surface area contributed by atoms with E-state index in [9.17, 15) is 9.90 Å². The smallest absolute Gasteiger partial charge is 0.254 e. The number of hydrogen-bond donors (Lipinski definition) is 2. The third-order valence-corrected chi connectivity index (χ3v) is 2.73. The Kier molecular flexibility index (Phi) is 5.39. The fraction of sp³-hybridized carbons (Fsp3) is 0.533. The second-order valence-electron chi connectivity index (χ2n) is 5.36. The van der Waals surface area contributed by atoms with Gasteiger partial charge in [-0.2, -0.15) is 0 Å². The molecule has 5 nitrogen and oxygen atoms in total. The first-order valence-electron chi connectivity index (χ1n) is 6.82. The molecule has 0 bridgehead atoms. The molecule has 1 aromatic carbocycles. The van der Waals surface area contributed by atoms with Crippen molar-refractivity contribution in [2.45, 2.75) is 33.3 Å². The molecule has 0 fully saturated rings. The maximum atomic E-state index is 12.5. The van der Waals surface area contributed by atoms with Crippen molar-refractivity contribution in [1.82, 2.24) is 4.90 Å². The van der Waals surface area contributed by atoms with Gasteiger partial charge in [-0.15, -0.1) is 0 Å². The lowest BCUT2D eigenvalue weighted by molar-refractivity contribution is 0.0314. The highest BCUT2D eigenvalue weighted by Gasteiger charge is 2.22. The Balaban J connectivity index is 3.00. The largest absolute Gasteiger partial charge is 0.494 e. The second-order valence-corrected chi connectivity index (χ2v) is 5.36. The summed E-state index contributed by atoms with van der Waals surface area (Å²) in [6.45, 7) is 8.39. The molecule has 0 aromatic heterocycles. The molecule has 112 valence electrons. The SMILES string of the molecule is CCOc1cc(N)cc(C(=O)N(CC)CC(C)(C)O)c1. The lowest BCUT2D eigenvalue weighted by atomic mass is 10.1. The molecular weight excluding hydrogens is 256 g/mol. The van der Waals surface area contributed by atoms with E-state index in [2.05, 4.69) is 0 Å². The summed E-state index contributed by atoms with van der Waals surface area (Å²) in [5.74, 6) is 0.415. The van der Waals surface area contributed by atoms with Crippen molar-refractivity contribution < 1.29 is 14.6 Å². The Hall–Kier alpha value is -1.75. The van der Waals surface area contributed by atoms with Gasteiger partial charge < -0.3 is 20.5 Å². The van der Waals surface area contributed by atoms with Crippen LogP contribution in [0.4, 0.5) is 5.69 Å². The van der Waals surface area contributed by atoms with E-state index in [0.717, 1.165) is 0 Å². The van der Waals surface area contributed by atoms with Crippen molar-refractivity contribution in [2.24, 2.45) is 0 Å². The molecule has 0 saturated heterocycles. The first-order chi connectivity index (χ1) is 9.26. The van der Waals surface area contributed by atoms with Crippen molar-refractivity contribution in [1.29, 1.82) is 0 Å². The maximum absolute atomic E-state index is 12.5. The van der Waals surface area contributed by atoms with Gasteiger partial charge in [0.15, 0.2) is 0 Å². The second kappa shape index (κ2) is 6.61. The predicted molar refractivity (Wildman–Crippen MR) is 79.9 cm³/mol. The van der Waals surface area contributed by atoms with Crippen LogP contribution in [-0.4, -0.2) is 41.2 Å². The molecule has 0 aliphatic carbocycles. The zero-order valence-electron chi connectivity index (χ0n) is 12.6. The van der Waals surface area contributed by atoms with E-state index in [0.29, 0.717) is 30.2 Å². The van der Waals surface area contributed by atoms with Crippen molar-refractivity contribution in [2.75, 3.05) is 25.4 Å². The van der Waals surface area contributed by atoms with Gasteiger partial charge >= 0.3 is 0 Å². The van der Waals surface area contributed by atoms with Crippen molar-refractivity contribution >= 4 is 11.6 Å². The Morgan fingerprint density at radius 3 is 2.50 bits per heavy atom. The van der Waals surface area contributed by atoms with Crippen LogP contribution in [0, 0.1) is 0 Å². The number of anilines is 1. The summed E-state index contributed by atoms with van der Waals surface area (Å²) >= 11 is 0. The van der Waals surface area contributed by atoms with E-state index in [4.69, 9.17) is 10.5 Å². The van der Waals surface area contributed by atoms with Crippen LogP contribution in [0.15, 0.2) is 18.2 Å². The highest BCUT2D eigenvalue weighted by atomic mass is 16.5. The number of nitrogen functional groups attached to an aromatic ring is 1. The molecule has 0 aliphatic rings. The molecule has 0 aliphatic heterocycles. The molecule has 0 radical (unpaired) electrons. The maximum Gasteiger partial charge on any atom is 0.254 e. The number of aliphatic hydroxyl groups is 1. The highest BCUT2D eigenvalue weighted by Crippen LogP contribution is 2.21. The number of benzene rings is 1. The summed E-state index contributed by atoms with van der Waals surface area (Å²) in [5, 5.41) is 9.87. The van der Waals surface area contributed by atoms with E-state index in [-0.39, 0.29) is 12.5 Å². The summed E-state index contributed by atoms with van der Waals surface area (Å²) in [6, 6.07) is 4.99. The monoisotopic (exact) mass is 280 g/mol. The average Bonchev–Trinajstić information content (AvgIpc) is 2.33. The molecule has 0 spiro atoms. The average molecular weight is 280 g/mol. The first-order valence-corrected chi connectivity index (χ1v) is 6.82. The fourth-order valence-corrected chi connectivity index (χ4v) is 1.97. The lowest BCUT2D eigenvalue weighted by Crippen LogP contribution is -2.42. The topological polar surface area (TPSA) is 75.8 Å². The third kappa shape index (κ3) is 4.74. The van der Waals surface area contributed by atoms with E-state index >= 15 is 0 Å². The molecule has 1 aromatic rings. The number of nitrogens with two attached hydrogens (primary N) is 1. The van der Waals surface area contributed by atoms with Crippen LogP contribution in [0.3, 0.4) is 0 Å². The van der Waals surface area contributed by atoms with E-state index in [1.165, 1.54) is 0 Å². The number of hydrogen-bond acceptors (Lipinski definition) is 4. The third-order valence-electron chi connectivity index (χ3n) is 2.73.